The third-order valence-corrected chi connectivity index (χ3v) is 5.01. The summed E-state index contributed by atoms with van der Waals surface area (Å²) in [6.07, 6.45) is 0.713. The van der Waals surface area contributed by atoms with Gasteiger partial charge < -0.3 is 25.2 Å². The van der Waals surface area contributed by atoms with Crippen LogP contribution in [0.4, 0.5) is 10.1 Å². The summed E-state index contributed by atoms with van der Waals surface area (Å²) in [5.41, 5.74) is 6.32. The Labute approximate surface area is 187 Å². The van der Waals surface area contributed by atoms with E-state index in [4.69, 9.17) is 14.9 Å². The Morgan fingerprint density at radius 3 is 2.79 bits per heavy atom. The number of anilines is 1. The van der Waals surface area contributed by atoms with Gasteiger partial charge in [-0.15, -0.1) is 10.2 Å². The summed E-state index contributed by atoms with van der Waals surface area (Å²) in [7, 11) is 0. The lowest BCUT2D eigenvalue weighted by Gasteiger charge is -2.13. The lowest BCUT2D eigenvalue weighted by atomic mass is 9.99. The van der Waals surface area contributed by atoms with Crippen LogP contribution < -0.4 is 21.3 Å². The van der Waals surface area contributed by atoms with Crippen molar-refractivity contribution in [3.63, 3.8) is 0 Å². The first-order valence-electron chi connectivity index (χ1n) is 10.3. The molecule has 0 atom stereocenters. The minimum atomic E-state index is -0.652. The van der Waals surface area contributed by atoms with Crippen LogP contribution in [0.15, 0.2) is 45.6 Å². The quantitative estimate of drug-likeness (QED) is 0.392. The Morgan fingerprint density at radius 2 is 2.06 bits per heavy atom. The van der Waals surface area contributed by atoms with Gasteiger partial charge in [-0.25, -0.2) is 4.39 Å². The van der Waals surface area contributed by atoms with E-state index < -0.39 is 17.3 Å². The first-order chi connectivity index (χ1) is 15.9. The van der Waals surface area contributed by atoms with Gasteiger partial charge in [-0.2, -0.15) is 0 Å². The summed E-state index contributed by atoms with van der Waals surface area (Å²) in [6.45, 7) is 3.99. The number of nitrogens with two attached hydrogens (primary N) is 1. The summed E-state index contributed by atoms with van der Waals surface area (Å²) >= 11 is 0. The number of amides is 1. The number of nitrogen functional groups attached to an aromatic ring is 1. The van der Waals surface area contributed by atoms with Crippen molar-refractivity contribution >= 4 is 22.5 Å². The van der Waals surface area contributed by atoms with Gasteiger partial charge in [0.25, 0.3) is 17.4 Å². The van der Waals surface area contributed by atoms with Gasteiger partial charge in [0.2, 0.25) is 5.89 Å². The maximum absolute atomic E-state index is 14.8. The second kappa shape index (κ2) is 9.11. The summed E-state index contributed by atoms with van der Waals surface area (Å²) < 4.78 is 25.7. The van der Waals surface area contributed by atoms with E-state index in [1.165, 1.54) is 18.2 Å². The number of halogens is 1. The first-order valence-corrected chi connectivity index (χ1v) is 10.3. The fourth-order valence-corrected chi connectivity index (χ4v) is 3.46. The molecule has 0 spiro atoms. The maximum atomic E-state index is 14.8. The smallest absolute Gasteiger partial charge is 0.263 e. The van der Waals surface area contributed by atoms with Crippen molar-refractivity contribution in [1.29, 1.82) is 0 Å². The Hall–Kier alpha value is -4.21. The van der Waals surface area contributed by atoms with E-state index in [9.17, 15) is 14.0 Å². The van der Waals surface area contributed by atoms with Gasteiger partial charge in [-0.3, -0.25) is 9.59 Å². The molecule has 0 aliphatic carbocycles. The minimum absolute atomic E-state index is 0.0153. The standard InChI is InChI=1S/C23H22FN5O4/c1-3-9-26-22(30)19-20(25)15-6-4-5-14(21(15)27-23(19)31)16-10-13(7-8-17(16)24)32-11-18-29-28-12(2)33-18/h4-8,10H,3,9,11H2,1-2H3,(H,26,30)(H3,25,27,31). The normalized spacial score (nSPS) is 11.0. The van der Waals surface area contributed by atoms with Crippen LogP contribution in [0.5, 0.6) is 5.75 Å². The number of para-hydroxylation sites is 1. The van der Waals surface area contributed by atoms with Crippen LogP contribution in [0.2, 0.25) is 0 Å². The van der Waals surface area contributed by atoms with Crippen LogP contribution in [0.3, 0.4) is 0 Å². The molecule has 33 heavy (non-hydrogen) atoms. The van der Waals surface area contributed by atoms with Gasteiger partial charge in [0.05, 0.1) is 11.2 Å². The zero-order valence-corrected chi connectivity index (χ0v) is 18.1. The van der Waals surface area contributed by atoms with Crippen molar-refractivity contribution in [2.45, 2.75) is 26.9 Å². The number of hydrogen-bond acceptors (Lipinski definition) is 7. The monoisotopic (exact) mass is 451 g/mol. The first kappa shape index (κ1) is 22.0. The van der Waals surface area contributed by atoms with E-state index in [0.717, 1.165) is 0 Å². The lowest BCUT2D eigenvalue weighted by molar-refractivity contribution is 0.0953. The van der Waals surface area contributed by atoms with Crippen LogP contribution in [0.25, 0.3) is 22.0 Å². The van der Waals surface area contributed by atoms with Gasteiger partial charge in [-0.1, -0.05) is 25.1 Å². The number of rotatable bonds is 7. The average Bonchev–Trinajstić information content (AvgIpc) is 3.22. The zero-order valence-electron chi connectivity index (χ0n) is 18.1. The molecule has 2 aromatic heterocycles. The number of carbonyl (C=O) groups is 1. The number of nitrogens with zero attached hydrogens (tertiary/aromatic N) is 2. The van der Waals surface area contributed by atoms with E-state index in [2.05, 4.69) is 20.5 Å². The number of ether oxygens (including phenoxy) is 1. The van der Waals surface area contributed by atoms with Crippen molar-refractivity contribution in [3.8, 4) is 16.9 Å². The summed E-state index contributed by atoms with van der Waals surface area (Å²) in [4.78, 5) is 27.8. The zero-order chi connectivity index (χ0) is 23.5. The topological polar surface area (TPSA) is 136 Å². The molecule has 0 bridgehead atoms. The van der Waals surface area contributed by atoms with Crippen LogP contribution >= 0.6 is 0 Å². The Bertz CT molecular complexity index is 1400. The Balaban J connectivity index is 1.75. The predicted molar refractivity (Wildman–Crippen MR) is 120 cm³/mol. The van der Waals surface area contributed by atoms with Crippen LogP contribution in [0, 0.1) is 12.7 Å². The van der Waals surface area contributed by atoms with Crippen LogP contribution in [0.1, 0.15) is 35.5 Å². The van der Waals surface area contributed by atoms with E-state index in [1.54, 1.807) is 25.1 Å². The summed E-state index contributed by atoms with van der Waals surface area (Å²) in [5.74, 6) is -0.0125. The number of aryl methyl sites for hydroxylation is 1. The molecule has 4 rings (SSSR count). The second-order valence-electron chi connectivity index (χ2n) is 7.37. The fourth-order valence-electron chi connectivity index (χ4n) is 3.46. The highest BCUT2D eigenvalue weighted by Crippen LogP contribution is 2.34. The third kappa shape index (κ3) is 4.40. The molecule has 4 N–H and O–H groups in total. The number of H-pyrrole nitrogens is 1. The van der Waals surface area contributed by atoms with Gasteiger partial charge in [0, 0.05) is 30.0 Å². The van der Waals surface area contributed by atoms with Crippen LogP contribution in [-0.4, -0.2) is 27.6 Å². The fraction of sp³-hybridized carbons (Fsp3) is 0.217. The van der Waals surface area contributed by atoms with Gasteiger partial charge >= 0.3 is 0 Å². The number of hydrogen-bond donors (Lipinski definition) is 3. The molecule has 0 saturated heterocycles. The number of fused-ring (bicyclic) bond motifs is 1. The van der Waals surface area contributed by atoms with Crippen molar-refractivity contribution in [2.24, 2.45) is 0 Å². The highest BCUT2D eigenvalue weighted by Gasteiger charge is 2.20. The van der Waals surface area contributed by atoms with Gasteiger partial charge in [-0.05, 0) is 24.6 Å². The SMILES string of the molecule is CCCNC(=O)c1c(N)c2cccc(-c3cc(OCc4nnc(C)o4)ccc3F)c2[nH]c1=O. The molecule has 170 valence electrons. The predicted octanol–water partition coefficient (Wildman–Crippen LogP) is 3.33. The molecule has 0 radical (unpaired) electrons. The molecule has 2 heterocycles. The molecular formula is C23H22FN5O4. The van der Waals surface area contributed by atoms with Crippen molar-refractivity contribution < 1.29 is 18.3 Å². The number of carbonyl (C=O) groups excluding carboxylic acids is 1. The molecule has 0 aliphatic heterocycles. The van der Waals surface area contributed by atoms with Crippen molar-refractivity contribution in [1.82, 2.24) is 20.5 Å². The maximum Gasteiger partial charge on any atom is 0.263 e. The molecule has 0 unspecified atom stereocenters. The third-order valence-electron chi connectivity index (χ3n) is 5.01. The highest BCUT2D eigenvalue weighted by molar-refractivity contribution is 6.08. The number of aromatic nitrogens is 3. The van der Waals surface area contributed by atoms with E-state index in [-0.39, 0.29) is 29.3 Å². The largest absolute Gasteiger partial charge is 0.484 e. The van der Waals surface area contributed by atoms with E-state index in [0.29, 0.717) is 41.1 Å². The number of pyridine rings is 1. The average molecular weight is 451 g/mol. The Kier molecular flexibility index (Phi) is 6.07. The molecule has 1 amide bonds. The molecule has 0 fully saturated rings. The van der Waals surface area contributed by atoms with E-state index in [1.807, 2.05) is 6.92 Å². The minimum Gasteiger partial charge on any atom is -0.484 e. The molecular weight excluding hydrogens is 429 g/mol. The second-order valence-corrected chi connectivity index (χ2v) is 7.37. The molecule has 0 saturated carbocycles. The number of aromatic amines is 1. The van der Waals surface area contributed by atoms with Crippen LogP contribution in [-0.2, 0) is 6.61 Å². The van der Waals surface area contributed by atoms with Crippen molar-refractivity contribution in [3.05, 3.63) is 69.9 Å². The molecule has 2 aromatic carbocycles. The Morgan fingerprint density at radius 1 is 1.24 bits per heavy atom. The summed E-state index contributed by atoms with van der Waals surface area (Å²) in [6, 6.07) is 9.23. The van der Waals surface area contributed by atoms with Gasteiger partial charge in [0.15, 0.2) is 6.61 Å². The van der Waals surface area contributed by atoms with Crippen molar-refractivity contribution in [2.75, 3.05) is 12.3 Å². The molecule has 9 nitrogen and oxygen atoms in total. The highest BCUT2D eigenvalue weighted by atomic mass is 19.1. The molecule has 4 aromatic rings. The lowest BCUT2D eigenvalue weighted by Crippen LogP contribution is -2.31. The number of nitrogens with one attached hydrogen (secondary N) is 2. The summed E-state index contributed by atoms with van der Waals surface area (Å²) in [5, 5.41) is 10.7. The van der Waals surface area contributed by atoms with Gasteiger partial charge in [0.1, 0.15) is 17.1 Å². The molecule has 10 heteroatoms. The number of benzene rings is 2. The molecule has 0 aliphatic rings. The van der Waals surface area contributed by atoms with E-state index >= 15 is 0 Å².